The van der Waals surface area contributed by atoms with Crippen LogP contribution in [0.4, 0.5) is 0 Å². The van der Waals surface area contributed by atoms with Crippen LogP contribution in [0.5, 0.6) is 0 Å². The minimum absolute atomic E-state index is 0.154. The minimum Gasteiger partial charge on any atom is -0.478 e. The predicted molar refractivity (Wildman–Crippen MR) is 42.6 cm³/mol. The van der Waals surface area contributed by atoms with E-state index in [1.54, 1.807) is 0 Å². The normalized spacial score (nSPS) is 10.9. The number of carbonyl (C=O) groups excluding carboxylic acids is 1. The van der Waals surface area contributed by atoms with Crippen LogP contribution in [-0.4, -0.2) is 28.6 Å². The summed E-state index contributed by atoms with van der Waals surface area (Å²) >= 11 is 0. The summed E-state index contributed by atoms with van der Waals surface area (Å²) in [7, 11) is 0. The van der Waals surface area contributed by atoms with Gasteiger partial charge >= 0.3 is 5.97 Å². The molecule has 66 valence electrons. The number of aliphatic hydroxyl groups is 1. The van der Waals surface area contributed by atoms with Gasteiger partial charge in [0.2, 0.25) is 0 Å². The lowest BCUT2D eigenvalue weighted by Crippen LogP contribution is -2.09. The number of allylic oxidation sites excluding steroid dienone is 1. The van der Waals surface area contributed by atoms with Crippen LogP contribution < -0.4 is 0 Å². The van der Waals surface area contributed by atoms with E-state index in [9.17, 15) is 9.59 Å². The monoisotopic (exact) mass is 170 g/mol. The van der Waals surface area contributed by atoms with Crippen molar-refractivity contribution in [1.29, 1.82) is 0 Å². The van der Waals surface area contributed by atoms with Crippen molar-refractivity contribution in [3.05, 3.63) is 24.3 Å². The molecule has 0 heterocycles. The molecule has 0 unspecified atom stereocenters. The number of carbonyl (C=O) groups is 2. The van der Waals surface area contributed by atoms with E-state index >= 15 is 0 Å². The lowest BCUT2D eigenvalue weighted by molar-refractivity contribution is -0.134. The molecule has 0 radical (unpaired) electrons. The third-order valence-corrected chi connectivity index (χ3v) is 1.16. The molecule has 0 aliphatic carbocycles. The summed E-state index contributed by atoms with van der Waals surface area (Å²) in [4.78, 5) is 21.2. The van der Waals surface area contributed by atoms with Crippen LogP contribution in [0.2, 0.25) is 0 Å². The molecule has 0 aromatic carbocycles. The minimum atomic E-state index is -1.30. The Morgan fingerprint density at radius 1 is 1.42 bits per heavy atom. The highest BCUT2D eigenvalue weighted by Crippen LogP contribution is 1.99. The van der Waals surface area contributed by atoms with Crippen LogP contribution in [0.1, 0.15) is 6.42 Å². The van der Waals surface area contributed by atoms with Crippen molar-refractivity contribution in [3.63, 3.8) is 0 Å². The molecule has 0 aromatic heterocycles. The lowest BCUT2D eigenvalue weighted by atomic mass is 10.1. The average molecular weight is 170 g/mol. The van der Waals surface area contributed by atoms with Crippen molar-refractivity contribution in [2.24, 2.45) is 0 Å². The first-order valence-corrected chi connectivity index (χ1v) is 3.34. The molecule has 0 spiro atoms. The molecule has 0 bridgehead atoms. The second kappa shape index (κ2) is 5.26. The highest BCUT2D eigenvalue weighted by atomic mass is 16.4. The summed E-state index contributed by atoms with van der Waals surface area (Å²) in [6.07, 6.45) is 2.25. The Balaban J connectivity index is 4.54. The first-order chi connectivity index (χ1) is 5.63. The van der Waals surface area contributed by atoms with Gasteiger partial charge in [-0.05, 0) is 12.5 Å². The predicted octanol–water partition coefficient (Wildman–Crippen LogP) is 0.135. The molecular formula is C8H10O4. The number of aliphatic hydroxyl groups excluding tert-OH is 1. The summed E-state index contributed by atoms with van der Waals surface area (Å²) in [6, 6.07) is 0. The molecule has 0 rings (SSSR count). The molecule has 0 atom stereocenters. The number of hydrogen-bond donors (Lipinski definition) is 2. The molecule has 12 heavy (non-hydrogen) atoms. The summed E-state index contributed by atoms with van der Waals surface area (Å²) in [5.41, 5.74) is -0.348. The van der Waals surface area contributed by atoms with Gasteiger partial charge in [0.15, 0.2) is 5.78 Å². The Morgan fingerprint density at radius 3 is 2.33 bits per heavy atom. The zero-order chi connectivity index (χ0) is 9.56. The Morgan fingerprint density at radius 2 is 2.00 bits per heavy atom. The highest BCUT2D eigenvalue weighted by molar-refractivity contribution is 6.20. The van der Waals surface area contributed by atoms with Crippen molar-refractivity contribution in [2.75, 3.05) is 6.61 Å². The fraction of sp³-hybridized carbons (Fsp3) is 0.250. The maximum atomic E-state index is 10.8. The number of carboxylic acid groups (broad SMARTS) is 1. The van der Waals surface area contributed by atoms with Crippen LogP contribution in [0.15, 0.2) is 24.3 Å². The zero-order valence-corrected chi connectivity index (χ0v) is 6.49. The van der Waals surface area contributed by atoms with Crippen molar-refractivity contribution in [2.45, 2.75) is 6.42 Å². The summed E-state index contributed by atoms with van der Waals surface area (Å²) in [5.74, 6) is -1.94. The van der Waals surface area contributed by atoms with Crippen molar-refractivity contribution < 1.29 is 19.8 Å². The molecule has 0 fully saturated rings. The third-order valence-electron chi connectivity index (χ3n) is 1.16. The number of carboxylic acids is 1. The molecule has 0 aromatic rings. The van der Waals surface area contributed by atoms with E-state index in [1.165, 1.54) is 6.08 Å². The van der Waals surface area contributed by atoms with Crippen molar-refractivity contribution >= 4 is 11.8 Å². The van der Waals surface area contributed by atoms with E-state index in [0.29, 0.717) is 0 Å². The lowest BCUT2D eigenvalue weighted by Gasteiger charge is -1.95. The second-order valence-corrected chi connectivity index (χ2v) is 2.00. The van der Waals surface area contributed by atoms with Gasteiger partial charge in [0.1, 0.15) is 5.57 Å². The standard InChI is InChI=1S/C8H10O4/c1-2-7(10)6(8(11)12)4-3-5-9/h2,4,9H,1,3,5H2,(H,11,12). The topological polar surface area (TPSA) is 74.6 Å². The van der Waals surface area contributed by atoms with Crippen molar-refractivity contribution in [3.8, 4) is 0 Å². The highest BCUT2D eigenvalue weighted by Gasteiger charge is 2.12. The summed E-state index contributed by atoms with van der Waals surface area (Å²) in [5, 5.41) is 16.9. The Bertz CT molecular complexity index is 227. The van der Waals surface area contributed by atoms with E-state index in [0.717, 1.165) is 6.08 Å². The molecular weight excluding hydrogens is 160 g/mol. The zero-order valence-electron chi connectivity index (χ0n) is 6.49. The second-order valence-electron chi connectivity index (χ2n) is 2.00. The Hall–Kier alpha value is -1.42. The Labute approximate surface area is 69.8 Å². The number of aliphatic carboxylic acids is 1. The third kappa shape index (κ3) is 3.12. The molecule has 0 amide bonds. The van der Waals surface area contributed by atoms with Gasteiger partial charge in [-0.3, -0.25) is 4.79 Å². The van der Waals surface area contributed by atoms with E-state index in [4.69, 9.17) is 10.2 Å². The fourth-order valence-electron chi connectivity index (χ4n) is 0.612. The first-order valence-electron chi connectivity index (χ1n) is 3.34. The van der Waals surface area contributed by atoms with Gasteiger partial charge in [0, 0.05) is 6.61 Å². The molecule has 4 nitrogen and oxygen atoms in total. The van der Waals surface area contributed by atoms with Crippen molar-refractivity contribution in [1.82, 2.24) is 0 Å². The number of ketones is 1. The van der Waals surface area contributed by atoms with Crippen LogP contribution in [-0.2, 0) is 9.59 Å². The number of hydrogen-bond acceptors (Lipinski definition) is 3. The quantitative estimate of drug-likeness (QED) is 0.349. The van der Waals surface area contributed by atoms with Gasteiger partial charge in [-0.25, -0.2) is 4.79 Å². The maximum Gasteiger partial charge on any atom is 0.339 e. The molecule has 0 aliphatic rings. The molecule has 0 saturated carbocycles. The van der Waals surface area contributed by atoms with E-state index < -0.39 is 11.8 Å². The van der Waals surface area contributed by atoms with Gasteiger partial charge in [-0.1, -0.05) is 12.7 Å². The smallest absolute Gasteiger partial charge is 0.339 e. The average Bonchev–Trinajstić information content (AvgIpc) is 2.04. The van der Waals surface area contributed by atoms with Crippen LogP contribution in [0, 0.1) is 0 Å². The largest absolute Gasteiger partial charge is 0.478 e. The first kappa shape index (κ1) is 10.6. The van der Waals surface area contributed by atoms with E-state index in [1.807, 2.05) is 0 Å². The Kier molecular flexibility index (Phi) is 4.64. The van der Waals surface area contributed by atoms with Crippen LogP contribution in [0.25, 0.3) is 0 Å². The van der Waals surface area contributed by atoms with Gasteiger partial charge in [0.25, 0.3) is 0 Å². The van der Waals surface area contributed by atoms with Gasteiger partial charge in [-0.2, -0.15) is 0 Å². The fourth-order valence-corrected chi connectivity index (χ4v) is 0.612. The molecule has 0 aliphatic heterocycles. The maximum absolute atomic E-state index is 10.8. The number of rotatable bonds is 5. The van der Waals surface area contributed by atoms with Gasteiger partial charge < -0.3 is 10.2 Å². The summed E-state index contributed by atoms with van der Waals surface area (Å²) < 4.78 is 0. The molecule has 2 N–H and O–H groups in total. The SMILES string of the molecule is C=CC(=O)C(=CCCO)C(=O)O. The molecule has 0 saturated heterocycles. The van der Waals surface area contributed by atoms with Crippen LogP contribution >= 0.6 is 0 Å². The van der Waals surface area contributed by atoms with Gasteiger partial charge in [-0.15, -0.1) is 0 Å². The van der Waals surface area contributed by atoms with E-state index in [-0.39, 0.29) is 18.6 Å². The summed E-state index contributed by atoms with van der Waals surface area (Å²) in [6.45, 7) is 2.98. The van der Waals surface area contributed by atoms with Gasteiger partial charge in [0.05, 0.1) is 0 Å². The van der Waals surface area contributed by atoms with Crippen LogP contribution in [0.3, 0.4) is 0 Å². The van der Waals surface area contributed by atoms with E-state index in [2.05, 4.69) is 6.58 Å². The molecule has 4 heteroatoms.